The minimum absolute atomic E-state index is 0.0168. The van der Waals surface area contributed by atoms with Crippen molar-refractivity contribution in [3.8, 4) is 0 Å². The number of carbonyl (C=O) groups excluding carboxylic acids is 1. The molecule has 1 saturated carbocycles. The van der Waals surface area contributed by atoms with E-state index < -0.39 is 10.0 Å². The molecular formula is C22H29N3O3S2. The first kappa shape index (κ1) is 21.5. The first-order valence-corrected chi connectivity index (χ1v) is 13.2. The molecule has 0 spiro atoms. The smallest absolute Gasteiger partial charge is 0.243 e. The Morgan fingerprint density at radius 3 is 2.40 bits per heavy atom. The molecule has 2 heterocycles. The van der Waals surface area contributed by atoms with Crippen molar-refractivity contribution >= 4 is 27.3 Å². The van der Waals surface area contributed by atoms with Crippen molar-refractivity contribution < 1.29 is 13.2 Å². The predicted octanol–water partition coefficient (Wildman–Crippen LogP) is 3.91. The number of nitrogens with zero attached hydrogens (tertiary/aromatic N) is 2. The summed E-state index contributed by atoms with van der Waals surface area (Å²) in [5.74, 6) is 0.398. The lowest BCUT2D eigenvalue weighted by atomic mass is 9.84. The Morgan fingerprint density at radius 1 is 1.07 bits per heavy atom. The molecule has 162 valence electrons. The quantitative estimate of drug-likeness (QED) is 0.728. The van der Waals surface area contributed by atoms with Crippen LogP contribution in [0, 0.1) is 5.92 Å². The average Bonchev–Trinajstić information content (AvgIpc) is 3.32. The molecule has 30 heavy (non-hydrogen) atoms. The van der Waals surface area contributed by atoms with Crippen molar-refractivity contribution in [1.29, 1.82) is 0 Å². The molecule has 0 atom stereocenters. The molecule has 0 unspecified atom stereocenters. The number of benzene rings is 1. The molecule has 1 aliphatic heterocycles. The van der Waals surface area contributed by atoms with Crippen LogP contribution in [0.2, 0.25) is 0 Å². The topological polar surface area (TPSA) is 79.4 Å². The fourth-order valence-electron chi connectivity index (χ4n) is 4.50. The van der Waals surface area contributed by atoms with E-state index in [4.69, 9.17) is 0 Å². The van der Waals surface area contributed by atoms with Gasteiger partial charge in [-0.15, -0.1) is 11.3 Å². The maximum absolute atomic E-state index is 13.1. The Labute approximate surface area is 182 Å². The first-order chi connectivity index (χ1) is 14.5. The van der Waals surface area contributed by atoms with Crippen LogP contribution in [-0.2, 0) is 21.4 Å². The van der Waals surface area contributed by atoms with Gasteiger partial charge in [-0.2, -0.15) is 4.31 Å². The maximum atomic E-state index is 13.1. The van der Waals surface area contributed by atoms with Crippen molar-refractivity contribution in [2.24, 2.45) is 5.92 Å². The Hall–Kier alpha value is -1.77. The molecule has 1 amide bonds. The van der Waals surface area contributed by atoms with E-state index in [1.54, 1.807) is 17.6 Å². The van der Waals surface area contributed by atoms with Crippen LogP contribution in [0.1, 0.15) is 62.1 Å². The molecule has 1 saturated heterocycles. The summed E-state index contributed by atoms with van der Waals surface area (Å²) in [5.41, 5.74) is 3.85. The fourth-order valence-corrected chi connectivity index (χ4v) is 6.53. The highest BCUT2D eigenvalue weighted by molar-refractivity contribution is 7.89. The molecule has 2 aliphatic rings. The van der Waals surface area contributed by atoms with Gasteiger partial charge < -0.3 is 5.32 Å². The zero-order valence-electron chi connectivity index (χ0n) is 17.1. The largest absolute Gasteiger partial charge is 0.350 e. The lowest BCUT2D eigenvalue weighted by Gasteiger charge is -2.30. The van der Waals surface area contributed by atoms with Crippen LogP contribution < -0.4 is 5.32 Å². The minimum Gasteiger partial charge on any atom is -0.350 e. The lowest BCUT2D eigenvalue weighted by Crippen LogP contribution is -2.42. The summed E-state index contributed by atoms with van der Waals surface area (Å²) >= 11 is 1.50. The highest BCUT2D eigenvalue weighted by Crippen LogP contribution is 2.33. The third-order valence-corrected chi connectivity index (χ3v) is 8.89. The van der Waals surface area contributed by atoms with E-state index >= 15 is 0 Å². The van der Waals surface area contributed by atoms with Gasteiger partial charge in [0.05, 0.1) is 22.6 Å². The number of sulfonamides is 1. The molecule has 8 heteroatoms. The van der Waals surface area contributed by atoms with Crippen molar-refractivity contribution in [3.05, 3.63) is 46.4 Å². The van der Waals surface area contributed by atoms with Crippen molar-refractivity contribution in [3.63, 3.8) is 0 Å². The summed E-state index contributed by atoms with van der Waals surface area (Å²) in [4.78, 5) is 16.9. The second kappa shape index (κ2) is 9.58. The van der Waals surface area contributed by atoms with E-state index in [1.807, 2.05) is 17.5 Å². The Morgan fingerprint density at radius 2 is 1.77 bits per heavy atom. The lowest BCUT2D eigenvalue weighted by molar-refractivity contribution is -0.126. The SMILES string of the molecule is O=C(NCc1cscn1)C1CCN(S(=O)(=O)c2ccc(C3CCCCC3)cc2)CC1. The summed E-state index contributed by atoms with van der Waals surface area (Å²) in [6, 6.07) is 7.49. The summed E-state index contributed by atoms with van der Waals surface area (Å²) in [7, 11) is -3.51. The van der Waals surface area contributed by atoms with E-state index in [9.17, 15) is 13.2 Å². The minimum atomic E-state index is -3.51. The van der Waals surface area contributed by atoms with E-state index in [0.717, 1.165) is 5.69 Å². The van der Waals surface area contributed by atoms with E-state index in [1.165, 1.54) is 53.3 Å². The van der Waals surface area contributed by atoms with Crippen LogP contribution in [0.3, 0.4) is 0 Å². The van der Waals surface area contributed by atoms with Gasteiger partial charge in [0.15, 0.2) is 0 Å². The normalized spacial score (nSPS) is 19.6. The molecule has 1 aliphatic carbocycles. The first-order valence-electron chi connectivity index (χ1n) is 10.8. The number of rotatable bonds is 6. The van der Waals surface area contributed by atoms with Gasteiger partial charge in [-0.1, -0.05) is 31.4 Å². The number of piperidine rings is 1. The fraction of sp³-hybridized carbons (Fsp3) is 0.545. The Bertz CT molecular complexity index is 929. The van der Waals surface area contributed by atoms with E-state index in [2.05, 4.69) is 10.3 Å². The number of carbonyl (C=O) groups is 1. The summed E-state index contributed by atoms with van der Waals surface area (Å²) < 4.78 is 27.6. The van der Waals surface area contributed by atoms with Gasteiger partial charge in [0, 0.05) is 24.4 Å². The van der Waals surface area contributed by atoms with Gasteiger partial charge in [0.2, 0.25) is 15.9 Å². The van der Waals surface area contributed by atoms with Gasteiger partial charge in [0.25, 0.3) is 0 Å². The highest BCUT2D eigenvalue weighted by Gasteiger charge is 2.32. The van der Waals surface area contributed by atoms with Gasteiger partial charge in [-0.05, 0) is 49.3 Å². The molecule has 2 aromatic rings. The molecule has 1 N–H and O–H groups in total. The number of hydrogen-bond acceptors (Lipinski definition) is 5. The second-order valence-electron chi connectivity index (χ2n) is 8.28. The number of aromatic nitrogens is 1. The standard InChI is InChI=1S/C22H29N3O3S2/c26-22(23-14-20-15-29-16-24-20)19-10-12-25(13-11-19)30(27,28)21-8-6-18(7-9-21)17-4-2-1-3-5-17/h6-9,15-17,19H,1-5,10-14H2,(H,23,26). The zero-order chi connectivity index (χ0) is 21.0. The van der Waals surface area contributed by atoms with Gasteiger partial charge in [-0.25, -0.2) is 13.4 Å². The van der Waals surface area contributed by atoms with Crippen LogP contribution >= 0.6 is 11.3 Å². The molecule has 1 aromatic heterocycles. The molecule has 1 aromatic carbocycles. The van der Waals surface area contributed by atoms with Crippen molar-refractivity contribution in [2.45, 2.75) is 62.3 Å². The van der Waals surface area contributed by atoms with Crippen LogP contribution in [-0.4, -0.2) is 36.7 Å². The molecule has 2 fully saturated rings. The predicted molar refractivity (Wildman–Crippen MR) is 118 cm³/mol. The highest BCUT2D eigenvalue weighted by atomic mass is 32.2. The molecule has 6 nitrogen and oxygen atoms in total. The van der Waals surface area contributed by atoms with Gasteiger partial charge in [-0.3, -0.25) is 4.79 Å². The van der Waals surface area contributed by atoms with Crippen LogP contribution in [0.15, 0.2) is 40.1 Å². The van der Waals surface area contributed by atoms with Crippen LogP contribution in [0.5, 0.6) is 0 Å². The molecule has 4 rings (SSSR count). The third kappa shape index (κ3) is 4.92. The number of amides is 1. The molecule has 0 bridgehead atoms. The zero-order valence-corrected chi connectivity index (χ0v) is 18.8. The molecule has 0 radical (unpaired) electrons. The van der Waals surface area contributed by atoms with Crippen LogP contribution in [0.25, 0.3) is 0 Å². The van der Waals surface area contributed by atoms with Gasteiger partial charge in [0.1, 0.15) is 0 Å². The summed E-state index contributed by atoms with van der Waals surface area (Å²) in [5, 5.41) is 4.83. The van der Waals surface area contributed by atoms with Crippen molar-refractivity contribution in [2.75, 3.05) is 13.1 Å². The summed E-state index contributed by atoms with van der Waals surface area (Å²) in [6.45, 7) is 1.18. The van der Waals surface area contributed by atoms with E-state index in [0.29, 0.717) is 43.3 Å². The summed E-state index contributed by atoms with van der Waals surface area (Å²) in [6.07, 6.45) is 7.31. The number of hydrogen-bond donors (Lipinski definition) is 1. The Balaban J connectivity index is 1.32. The van der Waals surface area contributed by atoms with Crippen molar-refractivity contribution in [1.82, 2.24) is 14.6 Å². The van der Waals surface area contributed by atoms with Crippen LogP contribution in [0.4, 0.5) is 0 Å². The monoisotopic (exact) mass is 447 g/mol. The third-order valence-electron chi connectivity index (χ3n) is 6.35. The maximum Gasteiger partial charge on any atom is 0.243 e. The van der Waals surface area contributed by atoms with Gasteiger partial charge >= 0.3 is 0 Å². The van der Waals surface area contributed by atoms with E-state index in [-0.39, 0.29) is 11.8 Å². The second-order valence-corrected chi connectivity index (χ2v) is 10.9. The average molecular weight is 448 g/mol. The molecular weight excluding hydrogens is 418 g/mol. The Kier molecular flexibility index (Phi) is 6.85. The number of thiazole rings is 1. The number of nitrogens with one attached hydrogen (secondary N) is 1.